The fraction of sp³-hybridized carbons (Fsp3) is 0.667. The lowest BCUT2D eigenvalue weighted by atomic mass is 9.84. The molecule has 3 aliphatic rings. The van der Waals surface area contributed by atoms with Gasteiger partial charge < -0.3 is 4.90 Å². The van der Waals surface area contributed by atoms with Gasteiger partial charge in [-0.15, -0.1) is 0 Å². The number of halogens is 3. The van der Waals surface area contributed by atoms with E-state index in [1.807, 2.05) is 0 Å². The maximum absolute atomic E-state index is 12.9. The maximum Gasteiger partial charge on any atom is 0.433 e. The van der Waals surface area contributed by atoms with Gasteiger partial charge in [-0.05, 0) is 31.7 Å². The Morgan fingerprint density at radius 3 is 2.41 bits per heavy atom. The zero-order chi connectivity index (χ0) is 19.2. The van der Waals surface area contributed by atoms with Gasteiger partial charge in [-0.3, -0.25) is 14.5 Å². The van der Waals surface area contributed by atoms with Crippen LogP contribution in [0.2, 0.25) is 0 Å². The fourth-order valence-corrected chi connectivity index (χ4v) is 4.61. The van der Waals surface area contributed by atoms with Crippen LogP contribution in [-0.4, -0.2) is 45.8 Å². The van der Waals surface area contributed by atoms with Crippen LogP contribution in [0, 0.1) is 5.41 Å². The van der Waals surface area contributed by atoms with E-state index >= 15 is 0 Å². The number of anilines is 1. The van der Waals surface area contributed by atoms with Crippen molar-refractivity contribution in [1.29, 1.82) is 0 Å². The largest absolute Gasteiger partial charge is 0.433 e. The van der Waals surface area contributed by atoms with Crippen molar-refractivity contribution in [1.82, 2.24) is 14.9 Å². The van der Waals surface area contributed by atoms with Crippen LogP contribution in [0.5, 0.6) is 0 Å². The molecule has 1 aliphatic carbocycles. The number of rotatable bonds is 2. The topological polar surface area (TPSA) is 66.4 Å². The third kappa shape index (κ3) is 3.17. The number of carbonyl (C=O) groups excluding carboxylic acids is 2. The van der Waals surface area contributed by atoms with Crippen molar-refractivity contribution in [2.75, 3.05) is 18.0 Å². The van der Waals surface area contributed by atoms with Crippen molar-refractivity contribution in [2.45, 2.75) is 57.2 Å². The molecule has 146 valence electrons. The molecule has 0 radical (unpaired) electrons. The van der Waals surface area contributed by atoms with E-state index in [2.05, 4.69) is 9.97 Å². The number of likely N-dealkylation sites (tertiary alicyclic amines) is 1. The summed E-state index contributed by atoms with van der Waals surface area (Å²) >= 11 is 0. The van der Waals surface area contributed by atoms with Crippen LogP contribution in [0.1, 0.15) is 50.6 Å². The van der Waals surface area contributed by atoms with Gasteiger partial charge in [-0.1, -0.05) is 12.8 Å². The van der Waals surface area contributed by atoms with E-state index in [4.69, 9.17) is 0 Å². The normalized spacial score (nSPS) is 23.7. The van der Waals surface area contributed by atoms with Crippen LogP contribution < -0.4 is 4.90 Å². The third-order valence-electron chi connectivity index (χ3n) is 6.04. The molecule has 0 unspecified atom stereocenters. The molecule has 0 atom stereocenters. The summed E-state index contributed by atoms with van der Waals surface area (Å²) in [6.07, 6.45) is 1.48. The first-order valence-corrected chi connectivity index (χ1v) is 9.32. The minimum atomic E-state index is -4.51. The zero-order valence-electron chi connectivity index (χ0n) is 14.8. The SMILES string of the molecule is O=C1CC2(CCCC2)C(=O)N1C1CCN(c2nccc(C(F)(F)F)n2)CC1. The Kier molecular flexibility index (Phi) is 4.35. The highest BCUT2D eigenvalue weighted by Crippen LogP contribution is 2.48. The minimum absolute atomic E-state index is 0.0367. The number of carbonyl (C=O) groups is 2. The van der Waals surface area contributed by atoms with Crippen molar-refractivity contribution in [2.24, 2.45) is 5.41 Å². The van der Waals surface area contributed by atoms with Gasteiger partial charge in [0, 0.05) is 31.7 Å². The predicted molar refractivity (Wildman–Crippen MR) is 89.6 cm³/mol. The highest BCUT2D eigenvalue weighted by atomic mass is 19.4. The second-order valence-electron chi connectivity index (χ2n) is 7.69. The number of piperidine rings is 1. The number of alkyl halides is 3. The van der Waals surface area contributed by atoms with Gasteiger partial charge in [0.1, 0.15) is 5.69 Å². The standard InChI is InChI=1S/C18H21F3N4O2/c19-18(20,21)13-3-8-22-16(23-13)24-9-4-12(5-10-24)25-14(26)11-17(15(25)27)6-1-2-7-17/h3,8,12H,1-2,4-7,9-11H2. The van der Waals surface area contributed by atoms with E-state index in [0.717, 1.165) is 37.9 Å². The van der Waals surface area contributed by atoms with Crippen LogP contribution in [-0.2, 0) is 15.8 Å². The summed E-state index contributed by atoms with van der Waals surface area (Å²) in [5.41, 5.74) is -1.46. The average Bonchev–Trinajstić information content (AvgIpc) is 3.20. The molecule has 2 amide bonds. The number of aromatic nitrogens is 2. The van der Waals surface area contributed by atoms with Crippen LogP contribution in [0.4, 0.5) is 19.1 Å². The van der Waals surface area contributed by atoms with Crippen molar-refractivity contribution < 1.29 is 22.8 Å². The first-order chi connectivity index (χ1) is 12.8. The van der Waals surface area contributed by atoms with E-state index in [-0.39, 0.29) is 23.8 Å². The molecule has 0 aromatic carbocycles. The molecule has 1 spiro atoms. The Morgan fingerprint density at radius 2 is 1.78 bits per heavy atom. The van der Waals surface area contributed by atoms with E-state index in [1.165, 1.54) is 4.90 Å². The van der Waals surface area contributed by atoms with Gasteiger partial charge in [0.2, 0.25) is 17.8 Å². The van der Waals surface area contributed by atoms with E-state index in [0.29, 0.717) is 32.4 Å². The Labute approximate surface area is 154 Å². The summed E-state index contributed by atoms with van der Waals surface area (Å²) in [4.78, 5) is 36.1. The van der Waals surface area contributed by atoms with Crippen molar-refractivity contribution in [3.05, 3.63) is 18.0 Å². The summed E-state index contributed by atoms with van der Waals surface area (Å²) in [5, 5.41) is 0. The van der Waals surface area contributed by atoms with Crippen molar-refractivity contribution in [3.63, 3.8) is 0 Å². The first-order valence-electron chi connectivity index (χ1n) is 9.32. The number of amides is 2. The Morgan fingerprint density at radius 1 is 1.11 bits per heavy atom. The second-order valence-corrected chi connectivity index (χ2v) is 7.69. The Bertz CT molecular complexity index is 753. The summed E-state index contributed by atoms with van der Waals surface area (Å²) in [5.74, 6) is -0.107. The van der Waals surface area contributed by atoms with Gasteiger partial charge in [0.25, 0.3) is 0 Å². The Balaban J connectivity index is 1.44. The number of hydrogen-bond acceptors (Lipinski definition) is 5. The molecular formula is C18H21F3N4O2. The van der Waals surface area contributed by atoms with E-state index < -0.39 is 17.3 Å². The monoisotopic (exact) mass is 382 g/mol. The number of nitrogens with zero attached hydrogens (tertiary/aromatic N) is 4. The van der Waals surface area contributed by atoms with Gasteiger partial charge in [0.15, 0.2) is 0 Å². The molecule has 1 aromatic rings. The van der Waals surface area contributed by atoms with E-state index in [9.17, 15) is 22.8 Å². The molecule has 6 nitrogen and oxygen atoms in total. The van der Waals surface area contributed by atoms with E-state index in [1.54, 1.807) is 4.90 Å². The third-order valence-corrected chi connectivity index (χ3v) is 6.04. The summed E-state index contributed by atoms with van der Waals surface area (Å²) in [7, 11) is 0. The van der Waals surface area contributed by atoms with Crippen LogP contribution >= 0.6 is 0 Å². The molecule has 1 saturated carbocycles. The molecule has 2 saturated heterocycles. The second kappa shape index (κ2) is 6.45. The number of hydrogen-bond donors (Lipinski definition) is 0. The number of imide groups is 1. The molecule has 2 aliphatic heterocycles. The molecule has 1 aromatic heterocycles. The Hall–Kier alpha value is -2.19. The lowest BCUT2D eigenvalue weighted by Crippen LogP contribution is -2.48. The fourth-order valence-electron chi connectivity index (χ4n) is 4.61. The van der Waals surface area contributed by atoms with Crippen LogP contribution in [0.25, 0.3) is 0 Å². The molecule has 4 rings (SSSR count). The van der Waals surface area contributed by atoms with Gasteiger partial charge in [-0.2, -0.15) is 13.2 Å². The molecule has 9 heteroatoms. The summed E-state index contributed by atoms with van der Waals surface area (Å²) in [6.45, 7) is 0.825. The predicted octanol–water partition coefficient (Wildman–Crippen LogP) is 2.78. The molecule has 0 N–H and O–H groups in total. The highest BCUT2D eigenvalue weighted by Gasteiger charge is 2.54. The molecular weight excluding hydrogens is 361 g/mol. The summed E-state index contributed by atoms with van der Waals surface area (Å²) < 4.78 is 38.5. The molecule has 27 heavy (non-hydrogen) atoms. The average molecular weight is 382 g/mol. The molecule has 0 bridgehead atoms. The van der Waals surface area contributed by atoms with Gasteiger partial charge in [0.05, 0.1) is 5.41 Å². The highest BCUT2D eigenvalue weighted by molar-refractivity contribution is 6.06. The maximum atomic E-state index is 12.9. The lowest BCUT2D eigenvalue weighted by Gasteiger charge is -2.36. The summed E-state index contributed by atoms with van der Waals surface area (Å²) in [6, 6.07) is 0.658. The molecule has 3 heterocycles. The zero-order valence-corrected chi connectivity index (χ0v) is 14.8. The smallest absolute Gasteiger partial charge is 0.341 e. The quantitative estimate of drug-likeness (QED) is 0.736. The van der Waals surface area contributed by atoms with Crippen molar-refractivity contribution in [3.8, 4) is 0 Å². The first kappa shape index (κ1) is 18.2. The minimum Gasteiger partial charge on any atom is -0.341 e. The lowest BCUT2D eigenvalue weighted by molar-refractivity contribution is -0.145. The van der Waals surface area contributed by atoms with Gasteiger partial charge in [-0.25, -0.2) is 9.97 Å². The van der Waals surface area contributed by atoms with Crippen LogP contribution in [0.15, 0.2) is 12.3 Å². The molecule has 3 fully saturated rings. The van der Waals surface area contributed by atoms with Gasteiger partial charge >= 0.3 is 6.18 Å². The van der Waals surface area contributed by atoms with Crippen molar-refractivity contribution >= 4 is 17.8 Å². The van der Waals surface area contributed by atoms with Crippen LogP contribution in [0.3, 0.4) is 0 Å².